The van der Waals surface area contributed by atoms with E-state index in [0.717, 1.165) is 6.07 Å². The number of nitrogens with two attached hydrogens (primary N) is 1. The largest absolute Gasteiger partial charge is 0.481 e. The number of pyridine rings is 1. The van der Waals surface area contributed by atoms with E-state index in [9.17, 15) is 23.7 Å². The zero-order valence-corrected chi connectivity index (χ0v) is 8.26. The SMILES string of the molecule is Nc1cc(CC(=O)O)c(C(F)F)nc1[N+](=O)[O-]. The van der Waals surface area contributed by atoms with E-state index < -0.39 is 40.9 Å². The predicted octanol–water partition coefficient (Wildman–Crippen LogP) is 1.14. The molecule has 92 valence electrons. The van der Waals surface area contributed by atoms with E-state index in [1.807, 2.05) is 0 Å². The summed E-state index contributed by atoms with van der Waals surface area (Å²) in [6.07, 6.45) is -3.84. The third-order valence-electron chi connectivity index (χ3n) is 1.86. The highest BCUT2D eigenvalue weighted by Crippen LogP contribution is 2.28. The second-order valence-corrected chi connectivity index (χ2v) is 3.07. The zero-order chi connectivity index (χ0) is 13.2. The van der Waals surface area contributed by atoms with Crippen molar-refractivity contribution >= 4 is 17.5 Å². The van der Waals surface area contributed by atoms with Gasteiger partial charge in [0.1, 0.15) is 5.69 Å². The number of hydrogen-bond donors (Lipinski definition) is 2. The van der Waals surface area contributed by atoms with Crippen molar-refractivity contribution in [2.45, 2.75) is 12.8 Å². The summed E-state index contributed by atoms with van der Waals surface area (Å²) in [4.78, 5) is 22.9. The van der Waals surface area contributed by atoms with Gasteiger partial charge in [0.15, 0.2) is 0 Å². The van der Waals surface area contributed by atoms with Crippen LogP contribution in [0.3, 0.4) is 0 Å². The summed E-state index contributed by atoms with van der Waals surface area (Å²) in [6.45, 7) is 0. The van der Waals surface area contributed by atoms with Crippen LogP contribution in [0.1, 0.15) is 17.7 Å². The van der Waals surface area contributed by atoms with Crippen molar-refractivity contribution in [1.29, 1.82) is 0 Å². The van der Waals surface area contributed by atoms with E-state index in [0.29, 0.717) is 0 Å². The molecule has 17 heavy (non-hydrogen) atoms. The molecule has 1 aromatic heterocycles. The summed E-state index contributed by atoms with van der Waals surface area (Å²) < 4.78 is 25.1. The van der Waals surface area contributed by atoms with E-state index in [4.69, 9.17) is 10.8 Å². The van der Waals surface area contributed by atoms with Crippen LogP contribution in [0.25, 0.3) is 0 Å². The number of nitrogens with zero attached hydrogens (tertiary/aromatic N) is 2. The number of aliphatic carboxylic acids is 1. The van der Waals surface area contributed by atoms with Crippen molar-refractivity contribution in [2.75, 3.05) is 5.73 Å². The Kier molecular flexibility index (Phi) is 3.51. The summed E-state index contributed by atoms with van der Waals surface area (Å²) >= 11 is 0. The number of halogens is 2. The maximum absolute atomic E-state index is 12.5. The lowest BCUT2D eigenvalue weighted by atomic mass is 10.1. The molecule has 7 nitrogen and oxygen atoms in total. The molecule has 0 unspecified atom stereocenters. The Bertz CT molecular complexity index is 478. The minimum atomic E-state index is -3.11. The summed E-state index contributed by atoms with van der Waals surface area (Å²) in [5.41, 5.74) is 3.50. The summed E-state index contributed by atoms with van der Waals surface area (Å²) in [5.74, 6) is -2.27. The first-order valence-electron chi connectivity index (χ1n) is 4.26. The lowest BCUT2D eigenvalue weighted by molar-refractivity contribution is -0.388. The number of nitrogen functional groups attached to an aromatic ring is 1. The minimum absolute atomic E-state index is 0.337. The summed E-state index contributed by atoms with van der Waals surface area (Å²) in [5, 5.41) is 18.9. The maximum atomic E-state index is 12.5. The van der Waals surface area contributed by atoms with Crippen LogP contribution in [-0.4, -0.2) is 21.0 Å². The first-order chi connectivity index (χ1) is 7.82. The lowest BCUT2D eigenvalue weighted by Gasteiger charge is -2.04. The standard InChI is InChI=1S/C8H7F2N3O4/c9-7(10)6-3(2-5(14)15)1-4(11)8(12-6)13(16)17/h1,7H,2,11H2,(H,14,15). The Morgan fingerprint density at radius 1 is 1.65 bits per heavy atom. The van der Waals surface area contributed by atoms with Crippen LogP contribution in [-0.2, 0) is 11.2 Å². The third-order valence-corrected chi connectivity index (χ3v) is 1.86. The average Bonchev–Trinajstić information content (AvgIpc) is 2.15. The second kappa shape index (κ2) is 4.68. The Morgan fingerprint density at radius 2 is 2.24 bits per heavy atom. The second-order valence-electron chi connectivity index (χ2n) is 3.07. The predicted molar refractivity (Wildman–Crippen MR) is 51.6 cm³/mol. The number of carboxylic acid groups (broad SMARTS) is 1. The third kappa shape index (κ3) is 2.83. The molecule has 0 radical (unpaired) electrons. The monoisotopic (exact) mass is 247 g/mol. The molecule has 9 heteroatoms. The number of rotatable bonds is 4. The van der Waals surface area contributed by atoms with Gasteiger partial charge in [-0.15, -0.1) is 0 Å². The van der Waals surface area contributed by atoms with Crippen LogP contribution in [0.15, 0.2) is 6.07 Å². The number of carbonyl (C=O) groups is 1. The first kappa shape index (κ1) is 12.7. The zero-order valence-electron chi connectivity index (χ0n) is 8.26. The van der Waals surface area contributed by atoms with Crippen molar-refractivity contribution in [3.8, 4) is 0 Å². The Morgan fingerprint density at radius 3 is 2.65 bits per heavy atom. The van der Waals surface area contributed by atoms with Crippen molar-refractivity contribution in [3.05, 3.63) is 27.4 Å². The molecular weight excluding hydrogens is 240 g/mol. The van der Waals surface area contributed by atoms with Gasteiger partial charge >= 0.3 is 18.2 Å². The quantitative estimate of drug-likeness (QED) is 0.608. The van der Waals surface area contributed by atoms with E-state index in [-0.39, 0.29) is 5.56 Å². The molecule has 0 saturated carbocycles. The number of hydrogen-bond acceptors (Lipinski definition) is 5. The first-order valence-corrected chi connectivity index (χ1v) is 4.26. The van der Waals surface area contributed by atoms with Crippen LogP contribution >= 0.6 is 0 Å². The molecule has 0 atom stereocenters. The highest BCUT2D eigenvalue weighted by atomic mass is 19.3. The smallest absolute Gasteiger partial charge is 0.387 e. The fourth-order valence-corrected chi connectivity index (χ4v) is 1.22. The fraction of sp³-hybridized carbons (Fsp3) is 0.250. The highest BCUT2D eigenvalue weighted by molar-refractivity contribution is 5.72. The van der Waals surface area contributed by atoms with Crippen LogP contribution in [0.2, 0.25) is 0 Å². The van der Waals surface area contributed by atoms with Gasteiger partial charge in [-0.25, -0.2) is 8.78 Å². The van der Waals surface area contributed by atoms with Gasteiger partial charge < -0.3 is 21.0 Å². The van der Waals surface area contributed by atoms with Crippen molar-refractivity contribution < 1.29 is 23.6 Å². The number of aromatic nitrogens is 1. The number of alkyl halides is 2. The molecule has 0 aliphatic heterocycles. The van der Waals surface area contributed by atoms with Gasteiger partial charge in [-0.2, -0.15) is 0 Å². The van der Waals surface area contributed by atoms with Gasteiger partial charge in [-0.05, 0) is 16.0 Å². The van der Waals surface area contributed by atoms with Gasteiger partial charge in [0, 0.05) is 5.56 Å². The number of anilines is 1. The lowest BCUT2D eigenvalue weighted by Crippen LogP contribution is -2.09. The maximum Gasteiger partial charge on any atom is 0.387 e. The Labute approximate surface area is 93.0 Å². The van der Waals surface area contributed by atoms with E-state index in [2.05, 4.69) is 4.98 Å². The Hall–Kier alpha value is -2.32. The van der Waals surface area contributed by atoms with Gasteiger partial charge in [0.25, 0.3) is 0 Å². The van der Waals surface area contributed by atoms with E-state index in [1.54, 1.807) is 0 Å². The summed E-state index contributed by atoms with van der Waals surface area (Å²) in [7, 11) is 0. The van der Waals surface area contributed by atoms with Crippen molar-refractivity contribution in [3.63, 3.8) is 0 Å². The van der Waals surface area contributed by atoms with Crippen LogP contribution in [0.5, 0.6) is 0 Å². The molecule has 1 aromatic rings. The van der Waals surface area contributed by atoms with E-state index >= 15 is 0 Å². The molecule has 0 fully saturated rings. The minimum Gasteiger partial charge on any atom is -0.481 e. The highest BCUT2D eigenvalue weighted by Gasteiger charge is 2.27. The molecule has 1 rings (SSSR count). The molecule has 0 aliphatic rings. The normalized spacial score (nSPS) is 10.5. The van der Waals surface area contributed by atoms with Gasteiger partial charge in [0.05, 0.1) is 6.42 Å². The molecule has 0 bridgehead atoms. The topological polar surface area (TPSA) is 119 Å². The molecule has 3 N–H and O–H groups in total. The molecule has 0 spiro atoms. The molecule has 0 saturated heterocycles. The number of carboxylic acids is 1. The fourth-order valence-electron chi connectivity index (χ4n) is 1.22. The molecular formula is C8H7F2N3O4. The van der Waals surface area contributed by atoms with E-state index in [1.165, 1.54) is 0 Å². The molecule has 0 aromatic carbocycles. The van der Waals surface area contributed by atoms with Crippen LogP contribution in [0.4, 0.5) is 20.3 Å². The van der Waals surface area contributed by atoms with Gasteiger partial charge in [0.2, 0.25) is 5.69 Å². The van der Waals surface area contributed by atoms with Crippen LogP contribution in [0, 0.1) is 10.1 Å². The number of nitro groups is 1. The average molecular weight is 247 g/mol. The van der Waals surface area contributed by atoms with Gasteiger partial charge in [-0.1, -0.05) is 0 Å². The van der Waals surface area contributed by atoms with Gasteiger partial charge in [-0.3, -0.25) is 4.79 Å². The Balaban J connectivity index is 3.35. The van der Waals surface area contributed by atoms with Crippen molar-refractivity contribution in [1.82, 2.24) is 4.98 Å². The summed E-state index contributed by atoms with van der Waals surface area (Å²) in [6, 6.07) is 0.834. The molecule has 0 aliphatic carbocycles. The molecule has 1 heterocycles. The van der Waals surface area contributed by atoms with Crippen LogP contribution < -0.4 is 5.73 Å². The molecule has 0 amide bonds. The van der Waals surface area contributed by atoms with Crippen molar-refractivity contribution in [2.24, 2.45) is 0 Å².